The Morgan fingerprint density at radius 1 is 0.778 bits per heavy atom. The first-order valence-electron chi connectivity index (χ1n) is 14.3. The monoisotopic (exact) mass is 626 g/mol. The summed E-state index contributed by atoms with van der Waals surface area (Å²) in [6.07, 6.45) is -0.642. The van der Waals surface area contributed by atoms with Crippen LogP contribution in [-0.4, -0.2) is 35.6 Å². The molecule has 236 valence electrons. The van der Waals surface area contributed by atoms with Crippen molar-refractivity contribution in [3.8, 4) is 0 Å². The Labute approximate surface area is 257 Å². The summed E-state index contributed by atoms with van der Waals surface area (Å²) < 4.78 is 81.2. The largest absolute Gasteiger partial charge is 0.392 e. The lowest BCUT2D eigenvalue weighted by atomic mass is 9.99. The van der Waals surface area contributed by atoms with Gasteiger partial charge in [0.25, 0.3) is 5.91 Å². The molecule has 1 aliphatic rings. The quantitative estimate of drug-likeness (QED) is 0.120. The minimum Gasteiger partial charge on any atom is -0.392 e. The number of benzene rings is 4. The van der Waals surface area contributed by atoms with E-state index in [-0.39, 0.29) is 25.4 Å². The number of likely N-dealkylation sites (N-methyl/N-ethyl adjacent to an activating group) is 1. The molecule has 0 bridgehead atoms. The summed E-state index contributed by atoms with van der Waals surface area (Å²) in [5.74, 6) is -12.6. The van der Waals surface area contributed by atoms with Gasteiger partial charge in [-0.2, -0.15) is 0 Å². The predicted octanol–water partition coefficient (Wildman–Crippen LogP) is 6.48. The van der Waals surface area contributed by atoms with E-state index in [2.05, 4.69) is 22.3 Å². The van der Waals surface area contributed by atoms with Gasteiger partial charge >= 0.3 is 0 Å². The number of rotatable bonds is 10. The molecule has 0 aliphatic carbocycles. The topological polar surface area (TPSA) is 71.0 Å². The van der Waals surface area contributed by atoms with E-state index in [1.807, 2.05) is 49.5 Å². The van der Waals surface area contributed by atoms with Gasteiger partial charge in [-0.25, -0.2) is 22.0 Å². The molecule has 1 aliphatic heterocycles. The van der Waals surface area contributed by atoms with E-state index in [4.69, 9.17) is 9.47 Å². The number of carbonyl (C=O) groups is 1. The SMILES string of the molecule is CN(Cc1ccccc1)C[C@@H]1C[C@H](c2ccc(CO)cc2)O[C@H](c2ccc(CNC(=O)c3c(F)c(F)c(F)c(F)c3F)cc2)O1. The third kappa shape index (κ3) is 7.56. The number of hydrogen-bond acceptors (Lipinski definition) is 5. The van der Waals surface area contributed by atoms with Gasteiger partial charge in [0.2, 0.25) is 5.82 Å². The molecule has 2 N–H and O–H groups in total. The highest BCUT2D eigenvalue weighted by Gasteiger charge is 2.33. The summed E-state index contributed by atoms with van der Waals surface area (Å²) in [6.45, 7) is 1.05. The minimum atomic E-state index is -2.33. The first kappa shape index (κ1) is 32.2. The van der Waals surface area contributed by atoms with Crippen molar-refractivity contribution in [1.82, 2.24) is 10.2 Å². The molecule has 0 saturated carbocycles. The second kappa shape index (κ2) is 14.3. The summed E-state index contributed by atoms with van der Waals surface area (Å²) in [6, 6.07) is 24.3. The standard InChI is InChI=1S/C34H31F5N2O4/c1-41(17-21-5-3-2-4-6-21)18-25-15-26(23-11-9-22(19-42)10-12-23)45-34(44-25)24-13-7-20(8-14-24)16-40-33(43)27-28(35)30(37)32(39)31(38)29(27)36/h2-14,25-26,34,42H,15-19H2,1H3,(H,40,43)/t25-,26+,34+/m0/s1. The van der Waals surface area contributed by atoms with Crippen molar-refractivity contribution in [3.63, 3.8) is 0 Å². The lowest BCUT2D eigenvalue weighted by Gasteiger charge is -2.38. The molecule has 3 atom stereocenters. The van der Waals surface area contributed by atoms with E-state index < -0.39 is 46.8 Å². The Kier molecular flexibility index (Phi) is 10.2. The Morgan fingerprint density at radius 2 is 1.36 bits per heavy atom. The van der Waals surface area contributed by atoms with Crippen LogP contribution in [0.25, 0.3) is 0 Å². The smallest absolute Gasteiger partial charge is 0.257 e. The lowest BCUT2D eigenvalue weighted by molar-refractivity contribution is -0.252. The van der Waals surface area contributed by atoms with E-state index >= 15 is 0 Å². The first-order valence-corrected chi connectivity index (χ1v) is 14.3. The van der Waals surface area contributed by atoms with Gasteiger partial charge in [-0.3, -0.25) is 9.69 Å². The highest BCUT2D eigenvalue weighted by molar-refractivity contribution is 5.94. The van der Waals surface area contributed by atoms with Crippen LogP contribution in [0.2, 0.25) is 0 Å². The maximum Gasteiger partial charge on any atom is 0.257 e. The molecule has 4 aromatic rings. The third-order valence-electron chi connectivity index (χ3n) is 7.57. The van der Waals surface area contributed by atoms with Gasteiger partial charge in [0, 0.05) is 31.6 Å². The molecule has 0 spiro atoms. The van der Waals surface area contributed by atoms with Crippen molar-refractivity contribution in [3.05, 3.63) is 141 Å². The minimum absolute atomic E-state index is 0.0706. The van der Waals surface area contributed by atoms with Gasteiger partial charge in [-0.1, -0.05) is 78.9 Å². The lowest BCUT2D eigenvalue weighted by Crippen LogP contribution is -2.37. The fourth-order valence-electron chi connectivity index (χ4n) is 5.21. The zero-order chi connectivity index (χ0) is 32.1. The van der Waals surface area contributed by atoms with E-state index in [0.717, 1.165) is 17.7 Å². The second-order valence-corrected chi connectivity index (χ2v) is 10.9. The second-order valence-electron chi connectivity index (χ2n) is 10.9. The first-order chi connectivity index (χ1) is 21.6. The highest BCUT2D eigenvalue weighted by Crippen LogP contribution is 2.38. The average Bonchev–Trinajstić information content (AvgIpc) is 3.06. The Balaban J connectivity index is 1.29. The number of aliphatic hydroxyl groups is 1. The molecule has 6 nitrogen and oxygen atoms in total. The fraction of sp³-hybridized carbons (Fsp3) is 0.265. The summed E-state index contributed by atoms with van der Waals surface area (Å²) in [4.78, 5) is 14.5. The van der Waals surface area contributed by atoms with E-state index in [1.165, 1.54) is 5.56 Å². The van der Waals surface area contributed by atoms with Crippen LogP contribution in [0.15, 0.2) is 78.9 Å². The number of amides is 1. The maximum atomic E-state index is 14.0. The van der Waals surface area contributed by atoms with Crippen LogP contribution in [-0.2, 0) is 29.2 Å². The molecule has 1 fully saturated rings. The van der Waals surface area contributed by atoms with Crippen molar-refractivity contribution < 1.29 is 41.3 Å². The summed E-state index contributed by atoms with van der Waals surface area (Å²) in [5.41, 5.74) is 2.52. The summed E-state index contributed by atoms with van der Waals surface area (Å²) in [7, 11) is 2.02. The molecule has 1 saturated heterocycles. The molecule has 11 heteroatoms. The Bertz CT molecular complexity index is 1590. The maximum absolute atomic E-state index is 14.0. The molecule has 5 rings (SSSR count). The van der Waals surface area contributed by atoms with Crippen LogP contribution in [0.3, 0.4) is 0 Å². The molecule has 1 heterocycles. The van der Waals surface area contributed by atoms with Crippen LogP contribution in [0.1, 0.15) is 57.0 Å². The molecule has 0 unspecified atom stereocenters. The van der Waals surface area contributed by atoms with Crippen LogP contribution >= 0.6 is 0 Å². The van der Waals surface area contributed by atoms with Crippen LogP contribution < -0.4 is 5.32 Å². The van der Waals surface area contributed by atoms with Gasteiger partial charge in [-0.15, -0.1) is 0 Å². The number of halogens is 5. The Hall–Kier alpha value is -4.16. The number of nitrogens with zero attached hydrogens (tertiary/aromatic N) is 1. The molecule has 0 aromatic heterocycles. The van der Waals surface area contributed by atoms with Gasteiger partial charge in [0.05, 0.1) is 18.8 Å². The van der Waals surface area contributed by atoms with E-state index in [9.17, 15) is 31.9 Å². The summed E-state index contributed by atoms with van der Waals surface area (Å²) >= 11 is 0. The third-order valence-corrected chi connectivity index (χ3v) is 7.57. The predicted molar refractivity (Wildman–Crippen MR) is 155 cm³/mol. The molecule has 45 heavy (non-hydrogen) atoms. The molecule has 0 radical (unpaired) electrons. The van der Waals surface area contributed by atoms with Crippen molar-refractivity contribution in [2.24, 2.45) is 0 Å². The normalized spacial score (nSPS) is 18.3. The molecular formula is C34H31F5N2O4. The van der Waals surface area contributed by atoms with Gasteiger partial charge in [-0.05, 0) is 29.3 Å². The number of aliphatic hydroxyl groups excluding tert-OH is 1. The number of hydrogen-bond donors (Lipinski definition) is 2. The van der Waals surface area contributed by atoms with Gasteiger partial charge in [0.1, 0.15) is 5.56 Å². The van der Waals surface area contributed by atoms with Crippen LogP contribution in [0.4, 0.5) is 22.0 Å². The number of nitrogens with one attached hydrogen (secondary N) is 1. The van der Waals surface area contributed by atoms with Crippen molar-refractivity contribution >= 4 is 5.91 Å². The highest BCUT2D eigenvalue weighted by atomic mass is 19.2. The van der Waals surface area contributed by atoms with Crippen molar-refractivity contribution in [2.45, 2.75) is 44.6 Å². The summed E-state index contributed by atoms with van der Waals surface area (Å²) in [5, 5.41) is 11.6. The zero-order valence-corrected chi connectivity index (χ0v) is 24.3. The number of ether oxygens (including phenoxy) is 2. The Morgan fingerprint density at radius 3 is 1.98 bits per heavy atom. The van der Waals surface area contributed by atoms with Crippen LogP contribution in [0.5, 0.6) is 0 Å². The van der Waals surface area contributed by atoms with Crippen molar-refractivity contribution in [1.29, 1.82) is 0 Å². The molecular weight excluding hydrogens is 595 g/mol. The van der Waals surface area contributed by atoms with Crippen LogP contribution in [0, 0.1) is 29.1 Å². The van der Waals surface area contributed by atoms with Crippen molar-refractivity contribution in [2.75, 3.05) is 13.6 Å². The molecule has 1 amide bonds. The fourth-order valence-corrected chi connectivity index (χ4v) is 5.21. The van der Waals surface area contributed by atoms with Gasteiger partial charge in [0.15, 0.2) is 29.6 Å². The number of carbonyl (C=O) groups excluding carboxylic acids is 1. The van der Waals surface area contributed by atoms with E-state index in [0.29, 0.717) is 24.1 Å². The van der Waals surface area contributed by atoms with Gasteiger partial charge < -0.3 is 19.9 Å². The zero-order valence-electron chi connectivity index (χ0n) is 24.3. The van der Waals surface area contributed by atoms with E-state index in [1.54, 1.807) is 24.3 Å². The average molecular weight is 627 g/mol. The molecule has 4 aromatic carbocycles.